The topological polar surface area (TPSA) is 84.9 Å². The van der Waals surface area contributed by atoms with E-state index in [2.05, 4.69) is 25.9 Å². The van der Waals surface area contributed by atoms with E-state index < -0.39 is 5.60 Å². The number of rotatable bonds is 2. The Kier molecular flexibility index (Phi) is 4.91. The van der Waals surface area contributed by atoms with Crippen LogP contribution in [0.5, 0.6) is 0 Å². The van der Waals surface area contributed by atoms with Gasteiger partial charge in [0.1, 0.15) is 11.9 Å². The molecule has 5 rings (SSSR count). The summed E-state index contributed by atoms with van der Waals surface area (Å²) in [5.41, 5.74) is 6.21. The lowest BCUT2D eigenvalue weighted by molar-refractivity contribution is -0.206. The second kappa shape index (κ2) is 7.03. The molecule has 0 radical (unpaired) electrons. The highest BCUT2D eigenvalue weighted by atomic mass is 16.6. The summed E-state index contributed by atoms with van der Waals surface area (Å²) >= 11 is 0. The van der Waals surface area contributed by atoms with Crippen molar-refractivity contribution in [2.45, 2.75) is 109 Å². The fourth-order valence-corrected chi connectivity index (χ4v) is 8.58. The molecule has 5 aliphatic carbocycles. The number of carbonyl (C=O) groups excluding carboxylic acids is 1. The number of Topliss-reactive ketones (excluding diaryl/α,β-unsaturated/α-hetero) is 1. The number of hydrogen-bond acceptors (Lipinski definition) is 5. The zero-order valence-corrected chi connectivity index (χ0v) is 19.0. The lowest BCUT2D eigenvalue weighted by Gasteiger charge is -2.64. The molecule has 0 spiro atoms. The number of nitrogens with zero attached hydrogens (tertiary/aromatic N) is 1. The van der Waals surface area contributed by atoms with Crippen LogP contribution in [0.3, 0.4) is 0 Å². The van der Waals surface area contributed by atoms with Crippen molar-refractivity contribution in [3.63, 3.8) is 0 Å². The van der Waals surface area contributed by atoms with Gasteiger partial charge >= 0.3 is 0 Å². The molecule has 5 fully saturated rings. The van der Waals surface area contributed by atoms with Gasteiger partial charge in [-0.15, -0.1) is 0 Å². The maximum Gasteiger partial charge on any atom is 0.142 e. The summed E-state index contributed by atoms with van der Waals surface area (Å²) in [7, 11) is 0. The van der Waals surface area contributed by atoms with Crippen molar-refractivity contribution in [3.05, 3.63) is 0 Å². The van der Waals surface area contributed by atoms with Gasteiger partial charge in [0.05, 0.1) is 11.3 Å². The van der Waals surface area contributed by atoms with Crippen LogP contribution in [0, 0.1) is 34.5 Å². The molecule has 5 saturated carbocycles. The minimum atomic E-state index is -0.720. The maximum absolute atomic E-state index is 12.7. The summed E-state index contributed by atoms with van der Waals surface area (Å²) in [5, 5.41) is 16.5. The normalized spacial score (nSPS) is 54.6. The Balaban J connectivity index is 1.38. The summed E-state index contributed by atoms with van der Waals surface area (Å²) in [6, 6.07) is 0.0902. The molecule has 5 nitrogen and oxygen atoms in total. The number of oxime groups is 1. The highest BCUT2D eigenvalue weighted by molar-refractivity contribution is 5.87. The van der Waals surface area contributed by atoms with E-state index in [4.69, 9.17) is 10.6 Å². The molecule has 0 aromatic heterocycles. The molecule has 2 unspecified atom stereocenters. The number of carbonyl (C=O) groups is 1. The van der Waals surface area contributed by atoms with Crippen LogP contribution in [0.2, 0.25) is 0 Å². The molecule has 0 heterocycles. The third-order valence-electron chi connectivity index (χ3n) is 10.5. The van der Waals surface area contributed by atoms with Gasteiger partial charge in [0.2, 0.25) is 0 Å². The van der Waals surface area contributed by atoms with Crippen LogP contribution >= 0.6 is 0 Å². The van der Waals surface area contributed by atoms with Gasteiger partial charge in [0.15, 0.2) is 0 Å². The maximum atomic E-state index is 12.7. The standard InChI is InChI=1S/C25H40N2O3/c1-15-13-25(29)14-16(27-30-20-6-4-5-19(20)26)9-12-24(25,3)18-10-11-23(2)17(22(15)18)7-8-21(23)28/h15,17-20,22,29H,4-14,26H2,1-3H3/b27-16-/t15-,17+,18+,19?,20?,22+,23+,24-,25-/m1/s1. The van der Waals surface area contributed by atoms with E-state index in [1.54, 1.807) is 0 Å². The monoisotopic (exact) mass is 416 g/mol. The van der Waals surface area contributed by atoms with Crippen LogP contribution in [0.4, 0.5) is 0 Å². The van der Waals surface area contributed by atoms with Gasteiger partial charge in [-0.2, -0.15) is 0 Å². The van der Waals surface area contributed by atoms with Gasteiger partial charge in [0.25, 0.3) is 0 Å². The summed E-state index contributed by atoms with van der Waals surface area (Å²) in [4.78, 5) is 18.5. The van der Waals surface area contributed by atoms with E-state index in [0.29, 0.717) is 35.9 Å². The molecule has 5 heteroatoms. The molecule has 30 heavy (non-hydrogen) atoms. The van der Waals surface area contributed by atoms with Crippen molar-refractivity contribution in [2.75, 3.05) is 0 Å². The molecule has 0 aliphatic heterocycles. The molecule has 0 aromatic carbocycles. The Morgan fingerprint density at radius 3 is 2.63 bits per heavy atom. The molecule has 0 aromatic rings. The van der Waals surface area contributed by atoms with Crippen molar-refractivity contribution in [2.24, 2.45) is 45.4 Å². The molecule has 5 aliphatic rings. The molecule has 9 atom stereocenters. The van der Waals surface area contributed by atoms with E-state index in [1.807, 2.05) is 0 Å². The van der Waals surface area contributed by atoms with Crippen LogP contribution in [-0.4, -0.2) is 34.3 Å². The molecular weight excluding hydrogens is 376 g/mol. The smallest absolute Gasteiger partial charge is 0.142 e. The summed E-state index contributed by atoms with van der Waals surface area (Å²) in [5.74, 6) is 2.49. The number of nitrogens with two attached hydrogens (primary N) is 1. The summed E-state index contributed by atoms with van der Waals surface area (Å²) in [6.45, 7) is 6.89. The van der Waals surface area contributed by atoms with Crippen molar-refractivity contribution >= 4 is 11.5 Å². The van der Waals surface area contributed by atoms with Gasteiger partial charge < -0.3 is 15.7 Å². The third kappa shape index (κ3) is 2.87. The summed E-state index contributed by atoms with van der Waals surface area (Å²) < 4.78 is 0. The number of ketones is 1. The van der Waals surface area contributed by atoms with Gasteiger partial charge in [-0.25, -0.2) is 0 Å². The minimum absolute atomic E-state index is 0.0334. The fraction of sp³-hybridized carbons (Fsp3) is 0.920. The van der Waals surface area contributed by atoms with Crippen molar-refractivity contribution < 1.29 is 14.7 Å². The van der Waals surface area contributed by atoms with E-state index in [0.717, 1.165) is 69.9 Å². The lowest BCUT2D eigenvalue weighted by atomic mass is 9.41. The Labute approximate surface area is 181 Å². The predicted octanol–water partition coefficient (Wildman–Crippen LogP) is 4.21. The largest absolute Gasteiger partial charge is 0.391 e. The van der Waals surface area contributed by atoms with Crippen LogP contribution < -0.4 is 5.73 Å². The first kappa shape index (κ1) is 20.9. The van der Waals surface area contributed by atoms with Crippen molar-refractivity contribution in [3.8, 4) is 0 Å². The minimum Gasteiger partial charge on any atom is -0.391 e. The van der Waals surface area contributed by atoms with Crippen LogP contribution in [0.15, 0.2) is 5.16 Å². The average Bonchev–Trinajstić information content (AvgIpc) is 3.24. The summed E-state index contributed by atoms with van der Waals surface area (Å²) in [6.07, 6.45) is 10.3. The van der Waals surface area contributed by atoms with E-state index in [9.17, 15) is 9.90 Å². The van der Waals surface area contributed by atoms with Gasteiger partial charge in [-0.1, -0.05) is 25.9 Å². The zero-order chi connectivity index (χ0) is 21.3. The number of hydrogen-bond donors (Lipinski definition) is 2. The van der Waals surface area contributed by atoms with Crippen LogP contribution in [-0.2, 0) is 9.63 Å². The lowest BCUT2D eigenvalue weighted by Crippen LogP contribution is -2.64. The Morgan fingerprint density at radius 2 is 1.90 bits per heavy atom. The molecule has 0 amide bonds. The highest BCUT2D eigenvalue weighted by Gasteiger charge is 2.66. The first-order valence-electron chi connectivity index (χ1n) is 12.4. The fourth-order valence-electron chi connectivity index (χ4n) is 8.58. The molecule has 168 valence electrons. The zero-order valence-electron chi connectivity index (χ0n) is 19.0. The van der Waals surface area contributed by atoms with Crippen molar-refractivity contribution in [1.82, 2.24) is 0 Å². The molecule has 3 N–H and O–H groups in total. The van der Waals surface area contributed by atoms with Crippen molar-refractivity contribution in [1.29, 1.82) is 0 Å². The van der Waals surface area contributed by atoms with Gasteiger partial charge in [0, 0.05) is 29.7 Å². The first-order valence-corrected chi connectivity index (χ1v) is 12.4. The molecule has 0 saturated heterocycles. The van der Waals surface area contributed by atoms with Crippen LogP contribution in [0.1, 0.15) is 91.4 Å². The molecule has 0 bridgehead atoms. The molecular formula is C25H40N2O3. The highest BCUT2D eigenvalue weighted by Crippen LogP contribution is 2.67. The Morgan fingerprint density at radius 1 is 1.10 bits per heavy atom. The Hall–Kier alpha value is -0.940. The second-order valence-corrected chi connectivity index (χ2v) is 11.9. The van der Waals surface area contributed by atoms with Gasteiger partial charge in [-0.3, -0.25) is 4.79 Å². The van der Waals surface area contributed by atoms with Crippen LogP contribution in [0.25, 0.3) is 0 Å². The Bertz CT molecular complexity index is 753. The quantitative estimate of drug-likeness (QED) is 0.660. The number of aliphatic hydroxyl groups is 1. The first-order chi connectivity index (χ1) is 14.2. The van der Waals surface area contributed by atoms with E-state index in [1.165, 1.54) is 0 Å². The van der Waals surface area contributed by atoms with E-state index >= 15 is 0 Å². The average molecular weight is 417 g/mol. The number of fused-ring (bicyclic) bond motifs is 5. The SMILES string of the molecule is C[C@@H]1C[C@@]2(O)C/C(=N\OC3CCCC3N)CC[C@]2(C)[C@H]2CC[C@]3(C)C(=O)CC[C@H]3[C@H]12. The second-order valence-electron chi connectivity index (χ2n) is 11.9. The van der Waals surface area contributed by atoms with E-state index in [-0.39, 0.29) is 23.0 Å². The predicted molar refractivity (Wildman–Crippen MR) is 117 cm³/mol. The third-order valence-corrected chi connectivity index (χ3v) is 10.5. The van der Waals surface area contributed by atoms with Gasteiger partial charge in [-0.05, 0) is 81.5 Å².